The van der Waals surface area contributed by atoms with Gasteiger partial charge in [0.1, 0.15) is 6.04 Å². The molecule has 1 heterocycles. The molecule has 1 atom stereocenters. The van der Waals surface area contributed by atoms with E-state index < -0.39 is 22.0 Å². The Morgan fingerprint density at radius 1 is 1.15 bits per heavy atom. The van der Waals surface area contributed by atoms with Crippen LogP contribution < -0.4 is 16.0 Å². The summed E-state index contributed by atoms with van der Waals surface area (Å²) in [6.07, 6.45) is 1.89. The molecule has 136 valence electrons. The minimum absolute atomic E-state index is 0.00986. The summed E-state index contributed by atoms with van der Waals surface area (Å²) < 4.78 is 27.6. The van der Waals surface area contributed by atoms with E-state index in [4.69, 9.17) is 17.4 Å². The lowest BCUT2D eigenvalue weighted by Crippen LogP contribution is -2.49. The number of hydrogen-bond acceptors (Lipinski definition) is 4. The van der Waals surface area contributed by atoms with Gasteiger partial charge in [-0.3, -0.25) is 10.2 Å². The molecule has 0 aliphatic carbocycles. The summed E-state index contributed by atoms with van der Waals surface area (Å²) in [7, 11) is -3.92. The molecule has 3 rings (SSSR count). The van der Waals surface area contributed by atoms with Crippen LogP contribution in [-0.2, 0) is 21.2 Å². The van der Waals surface area contributed by atoms with Gasteiger partial charge >= 0.3 is 0 Å². The molecule has 0 radical (unpaired) electrons. The van der Waals surface area contributed by atoms with Crippen molar-refractivity contribution in [1.82, 2.24) is 15.1 Å². The molecule has 0 fully saturated rings. The smallest absolute Gasteiger partial charge is 0.252 e. The van der Waals surface area contributed by atoms with Crippen LogP contribution in [0, 0.1) is 0 Å². The lowest BCUT2D eigenvalue weighted by Gasteiger charge is -2.17. The summed E-state index contributed by atoms with van der Waals surface area (Å²) in [4.78, 5) is 15.2. The Hall–Kier alpha value is -2.39. The lowest BCUT2D eigenvalue weighted by atomic mass is 10.1. The Balaban J connectivity index is 1.89. The summed E-state index contributed by atoms with van der Waals surface area (Å²) in [5.41, 5.74) is 3.71. The number of nitrogens with one attached hydrogen (secondary N) is 3. The van der Waals surface area contributed by atoms with Crippen molar-refractivity contribution in [3.63, 3.8) is 0 Å². The highest BCUT2D eigenvalue weighted by Crippen LogP contribution is 2.20. The number of aromatic amines is 1. The van der Waals surface area contributed by atoms with Crippen LogP contribution in [0.2, 0.25) is 5.02 Å². The highest BCUT2D eigenvalue weighted by Gasteiger charge is 2.26. The molecule has 1 unspecified atom stereocenters. The van der Waals surface area contributed by atoms with E-state index in [1.807, 2.05) is 29.7 Å². The summed E-state index contributed by atoms with van der Waals surface area (Å²) in [6.45, 7) is 0. The van der Waals surface area contributed by atoms with E-state index in [2.05, 4.69) is 9.71 Å². The minimum Gasteiger partial charge on any atom is -0.361 e. The number of sulfonamides is 1. The molecule has 0 spiro atoms. The third kappa shape index (κ3) is 3.88. The maximum absolute atomic E-state index is 12.6. The molecule has 1 aromatic heterocycles. The van der Waals surface area contributed by atoms with Gasteiger partial charge in [-0.1, -0.05) is 29.8 Å². The monoisotopic (exact) mass is 392 g/mol. The van der Waals surface area contributed by atoms with Crippen LogP contribution in [-0.4, -0.2) is 25.4 Å². The third-order valence-corrected chi connectivity index (χ3v) is 5.72. The second-order valence-electron chi connectivity index (χ2n) is 5.70. The largest absolute Gasteiger partial charge is 0.361 e. The number of hydrogen-bond donors (Lipinski definition) is 4. The number of rotatable bonds is 6. The highest BCUT2D eigenvalue weighted by molar-refractivity contribution is 7.89. The van der Waals surface area contributed by atoms with E-state index in [0.717, 1.165) is 16.5 Å². The molecular formula is C17H17ClN4O3S. The standard InChI is InChI=1S/C17H17ClN4O3S/c18-12-5-7-13(8-6-12)26(24,25)22-16(17(23)21-19)9-11-10-20-15-4-2-1-3-14(11)15/h1-8,10,16,20,22H,9,19H2,(H,21,23). The zero-order valence-electron chi connectivity index (χ0n) is 13.6. The number of hydrazine groups is 1. The molecular weight excluding hydrogens is 376 g/mol. The van der Waals surface area contributed by atoms with Crippen LogP contribution in [0.1, 0.15) is 5.56 Å². The third-order valence-electron chi connectivity index (χ3n) is 3.98. The number of benzene rings is 2. The van der Waals surface area contributed by atoms with Crippen molar-refractivity contribution in [1.29, 1.82) is 0 Å². The molecule has 2 aromatic carbocycles. The van der Waals surface area contributed by atoms with Gasteiger partial charge in [0.15, 0.2) is 0 Å². The van der Waals surface area contributed by atoms with Gasteiger partial charge in [0.2, 0.25) is 10.0 Å². The number of fused-ring (bicyclic) bond motifs is 1. The maximum Gasteiger partial charge on any atom is 0.252 e. The first kappa shape index (κ1) is 18.4. The number of carbonyl (C=O) groups is 1. The van der Waals surface area contributed by atoms with Gasteiger partial charge in [0, 0.05) is 22.1 Å². The van der Waals surface area contributed by atoms with Gasteiger partial charge in [0.05, 0.1) is 4.90 Å². The van der Waals surface area contributed by atoms with Gasteiger partial charge in [-0.05, 0) is 42.3 Å². The fourth-order valence-corrected chi connectivity index (χ4v) is 4.00. The zero-order valence-corrected chi connectivity index (χ0v) is 15.1. The van der Waals surface area contributed by atoms with E-state index in [9.17, 15) is 13.2 Å². The van der Waals surface area contributed by atoms with Gasteiger partial charge in [-0.15, -0.1) is 0 Å². The van der Waals surface area contributed by atoms with E-state index in [-0.39, 0.29) is 11.3 Å². The second-order valence-corrected chi connectivity index (χ2v) is 7.85. The summed E-state index contributed by atoms with van der Waals surface area (Å²) in [6, 6.07) is 12.1. The Labute approximate surface area is 155 Å². The Morgan fingerprint density at radius 2 is 1.85 bits per heavy atom. The van der Waals surface area contributed by atoms with Crippen LogP contribution in [0.15, 0.2) is 59.6 Å². The fraction of sp³-hybridized carbons (Fsp3) is 0.118. The van der Waals surface area contributed by atoms with Crippen LogP contribution in [0.4, 0.5) is 0 Å². The number of amides is 1. The minimum atomic E-state index is -3.92. The quantitative estimate of drug-likeness (QED) is 0.290. The summed E-state index contributed by atoms with van der Waals surface area (Å²) >= 11 is 5.79. The van der Waals surface area contributed by atoms with Gasteiger partial charge < -0.3 is 4.98 Å². The normalized spacial score (nSPS) is 12.8. The molecule has 0 aliphatic heterocycles. The first-order valence-corrected chi connectivity index (χ1v) is 9.60. The van der Waals surface area contributed by atoms with E-state index in [0.29, 0.717) is 5.02 Å². The number of para-hydroxylation sites is 1. The van der Waals surface area contributed by atoms with Crippen molar-refractivity contribution in [3.8, 4) is 0 Å². The molecule has 7 nitrogen and oxygen atoms in total. The van der Waals surface area contributed by atoms with Crippen molar-refractivity contribution in [2.75, 3.05) is 0 Å². The van der Waals surface area contributed by atoms with Crippen molar-refractivity contribution >= 4 is 38.4 Å². The summed E-state index contributed by atoms with van der Waals surface area (Å²) in [5.74, 6) is 4.60. The highest BCUT2D eigenvalue weighted by atomic mass is 35.5. The predicted octanol–water partition coefficient (Wildman–Crippen LogP) is 1.70. The topological polar surface area (TPSA) is 117 Å². The molecule has 0 aliphatic rings. The van der Waals surface area contributed by atoms with Crippen molar-refractivity contribution < 1.29 is 13.2 Å². The zero-order chi connectivity index (χ0) is 18.7. The molecule has 9 heteroatoms. The molecule has 5 N–H and O–H groups in total. The van der Waals surface area contributed by atoms with Gasteiger partial charge in [-0.2, -0.15) is 4.72 Å². The van der Waals surface area contributed by atoms with Gasteiger partial charge in [-0.25, -0.2) is 14.3 Å². The average molecular weight is 393 g/mol. The molecule has 0 saturated carbocycles. The Morgan fingerprint density at radius 3 is 2.54 bits per heavy atom. The van der Waals surface area contributed by atoms with Crippen molar-refractivity contribution in [2.24, 2.45) is 5.84 Å². The Kier molecular flexibility index (Phi) is 5.28. The number of H-pyrrole nitrogens is 1. The Bertz CT molecular complexity index is 1030. The van der Waals surface area contributed by atoms with Crippen LogP contribution in [0.25, 0.3) is 10.9 Å². The molecule has 26 heavy (non-hydrogen) atoms. The first-order valence-electron chi connectivity index (χ1n) is 7.74. The molecule has 0 saturated heterocycles. The number of nitrogens with two attached hydrogens (primary N) is 1. The van der Waals surface area contributed by atoms with E-state index in [1.54, 1.807) is 6.20 Å². The van der Waals surface area contributed by atoms with E-state index in [1.165, 1.54) is 24.3 Å². The lowest BCUT2D eigenvalue weighted by molar-refractivity contribution is -0.122. The summed E-state index contributed by atoms with van der Waals surface area (Å²) in [5, 5.41) is 1.33. The van der Waals surface area contributed by atoms with Crippen LogP contribution in [0.5, 0.6) is 0 Å². The first-order chi connectivity index (χ1) is 12.4. The van der Waals surface area contributed by atoms with Crippen molar-refractivity contribution in [2.45, 2.75) is 17.4 Å². The van der Waals surface area contributed by atoms with Crippen molar-refractivity contribution in [3.05, 3.63) is 65.3 Å². The van der Waals surface area contributed by atoms with E-state index >= 15 is 0 Å². The predicted molar refractivity (Wildman–Crippen MR) is 99.9 cm³/mol. The van der Waals surface area contributed by atoms with Gasteiger partial charge in [0.25, 0.3) is 5.91 Å². The number of halogens is 1. The molecule has 0 bridgehead atoms. The van der Waals surface area contributed by atoms with Crippen LogP contribution in [0.3, 0.4) is 0 Å². The second kappa shape index (κ2) is 7.46. The average Bonchev–Trinajstić information content (AvgIpc) is 3.04. The van der Waals surface area contributed by atoms with Crippen LogP contribution >= 0.6 is 11.6 Å². The SMILES string of the molecule is NNC(=O)C(Cc1c[nH]c2ccccc12)NS(=O)(=O)c1ccc(Cl)cc1. The maximum atomic E-state index is 12.6. The molecule has 1 amide bonds. The fourth-order valence-electron chi connectivity index (χ4n) is 2.68. The molecule has 3 aromatic rings. The number of aromatic nitrogens is 1. The number of carbonyl (C=O) groups excluding carboxylic acids is 1.